The Morgan fingerprint density at radius 3 is 2.72 bits per heavy atom. The predicted octanol–water partition coefficient (Wildman–Crippen LogP) is 3.59. The summed E-state index contributed by atoms with van der Waals surface area (Å²) in [5, 5.41) is 7.13. The summed E-state index contributed by atoms with van der Waals surface area (Å²) in [6, 6.07) is 6.67. The number of nitrogens with zero attached hydrogens (tertiary/aromatic N) is 3. The van der Waals surface area contributed by atoms with E-state index in [0.717, 1.165) is 5.56 Å². The number of anilines is 2. The van der Waals surface area contributed by atoms with Gasteiger partial charge in [0.25, 0.3) is 0 Å². The molecule has 1 aromatic carbocycles. The molecule has 128 valence electrons. The average Bonchev–Trinajstić information content (AvgIpc) is 3.08. The number of rotatable bonds is 5. The number of nitrogens with two attached hydrogens (primary N) is 1. The summed E-state index contributed by atoms with van der Waals surface area (Å²) in [5.74, 6) is 0.556. The van der Waals surface area contributed by atoms with Crippen molar-refractivity contribution < 1.29 is 9.32 Å². The molecule has 0 aliphatic rings. The van der Waals surface area contributed by atoms with E-state index in [4.69, 9.17) is 33.5 Å². The van der Waals surface area contributed by atoms with Gasteiger partial charge < -0.3 is 15.6 Å². The molecule has 3 N–H and O–H groups in total. The summed E-state index contributed by atoms with van der Waals surface area (Å²) in [6.45, 7) is 0. The first-order valence-electron chi connectivity index (χ1n) is 7.30. The number of carbonyl (C=O) groups excluding carboxylic acids is 1. The third kappa shape index (κ3) is 4.26. The van der Waals surface area contributed by atoms with Gasteiger partial charge in [-0.15, -0.1) is 0 Å². The van der Waals surface area contributed by atoms with Gasteiger partial charge >= 0.3 is 0 Å². The van der Waals surface area contributed by atoms with Crippen molar-refractivity contribution in [3.05, 3.63) is 52.6 Å². The van der Waals surface area contributed by atoms with E-state index in [0.29, 0.717) is 23.8 Å². The number of pyridine rings is 1. The zero-order chi connectivity index (χ0) is 17.8. The van der Waals surface area contributed by atoms with Crippen LogP contribution in [0, 0.1) is 0 Å². The summed E-state index contributed by atoms with van der Waals surface area (Å²) in [7, 11) is 0. The second kappa shape index (κ2) is 7.50. The van der Waals surface area contributed by atoms with E-state index in [2.05, 4.69) is 20.4 Å². The molecular weight excluding hydrogens is 365 g/mol. The molecule has 0 saturated carbocycles. The maximum Gasteiger partial charge on any atom is 0.227 e. The minimum absolute atomic E-state index is 0.161. The number of carbonyl (C=O) groups is 1. The molecule has 3 rings (SSSR count). The van der Waals surface area contributed by atoms with Gasteiger partial charge in [0, 0.05) is 36.5 Å². The van der Waals surface area contributed by atoms with Crippen LogP contribution in [0.4, 0.5) is 11.4 Å². The van der Waals surface area contributed by atoms with Crippen molar-refractivity contribution in [3.63, 3.8) is 0 Å². The highest BCUT2D eigenvalue weighted by atomic mass is 35.5. The summed E-state index contributed by atoms with van der Waals surface area (Å²) >= 11 is 11.9. The van der Waals surface area contributed by atoms with Gasteiger partial charge in [-0.1, -0.05) is 28.4 Å². The van der Waals surface area contributed by atoms with Gasteiger partial charge in [-0.3, -0.25) is 9.78 Å². The molecule has 1 amide bonds. The van der Waals surface area contributed by atoms with Gasteiger partial charge in [-0.05, 0) is 24.3 Å². The average molecular weight is 378 g/mol. The Morgan fingerprint density at radius 1 is 1.28 bits per heavy atom. The molecular formula is C16H13Cl2N5O2. The summed E-state index contributed by atoms with van der Waals surface area (Å²) in [4.78, 5) is 20.3. The van der Waals surface area contributed by atoms with Crippen LogP contribution in [0.25, 0.3) is 11.4 Å². The van der Waals surface area contributed by atoms with Gasteiger partial charge in [-0.25, -0.2) is 0 Å². The molecule has 0 saturated heterocycles. The van der Waals surface area contributed by atoms with Gasteiger partial charge in [0.05, 0.1) is 15.7 Å². The Kier molecular flexibility index (Phi) is 5.16. The number of aryl methyl sites for hydroxylation is 1. The van der Waals surface area contributed by atoms with E-state index >= 15 is 0 Å². The van der Waals surface area contributed by atoms with Crippen LogP contribution in [0.2, 0.25) is 10.0 Å². The molecule has 0 radical (unpaired) electrons. The smallest absolute Gasteiger partial charge is 0.227 e. The Bertz CT molecular complexity index is 876. The maximum atomic E-state index is 12.0. The fraction of sp³-hybridized carbons (Fsp3) is 0.125. The SMILES string of the molecule is Nc1c(Cl)cc(NC(=O)CCc2nc(-c3cccnc3)no2)cc1Cl. The number of amides is 1. The number of hydrogen-bond acceptors (Lipinski definition) is 6. The first-order valence-corrected chi connectivity index (χ1v) is 8.06. The molecule has 0 fully saturated rings. The highest BCUT2D eigenvalue weighted by molar-refractivity contribution is 6.39. The summed E-state index contributed by atoms with van der Waals surface area (Å²) < 4.78 is 5.15. The second-order valence-corrected chi connectivity index (χ2v) is 5.97. The van der Waals surface area contributed by atoms with Crippen LogP contribution in [-0.4, -0.2) is 21.0 Å². The highest BCUT2D eigenvalue weighted by Gasteiger charge is 2.12. The lowest BCUT2D eigenvalue weighted by atomic mass is 10.2. The topological polar surface area (TPSA) is 107 Å². The minimum Gasteiger partial charge on any atom is -0.396 e. The maximum absolute atomic E-state index is 12.0. The van der Waals surface area contributed by atoms with E-state index < -0.39 is 0 Å². The zero-order valence-corrected chi connectivity index (χ0v) is 14.4. The second-order valence-electron chi connectivity index (χ2n) is 5.16. The third-order valence-electron chi connectivity index (χ3n) is 3.32. The lowest BCUT2D eigenvalue weighted by molar-refractivity contribution is -0.116. The van der Waals surface area contributed by atoms with Gasteiger partial charge in [0.1, 0.15) is 0 Å². The quantitative estimate of drug-likeness (QED) is 0.657. The number of aromatic nitrogens is 3. The monoisotopic (exact) mass is 377 g/mol. The third-order valence-corrected chi connectivity index (χ3v) is 3.94. The fourth-order valence-corrected chi connectivity index (χ4v) is 2.56. The van der Waals surface area contributed by atoms with Crippen molar-refractivity contribution in [2.24, 2.45) is 0 Å². The lowest BCUT2D eigenvalue weighted by Crippen LogP contribution is -2.12. The van der Waals surface area contributed by atoms with Crippen LogP contribution >= 0.6 is 23.2 Å². The van der Waals surface area contributed by atoms with Gasteiger partial charge in [-0.2, -0.15) is 4.98 Å². The number of benzene rings is 1. The number of nitrogen functional groups attached to an aromatic ring is 1. The van der Waals surface area contributed by atoms with E-state index in [1.165, 1.54) is 12.1 Å². The Balaban J connectivity index is 1.59. The van der Waals surface area contributed by atoms with Crippen LogP contribution in [-0.2, 0) is 11.2 Å². The van der Waals surface area contributed by atoms with Gasteiger partial charge in [0.2, 0.25) is 17.6 Å². The van der Waals surface area contributed by atoms with E-state index in [1.54, 1.807) is 18.5 Å². The van der Waals surface area contributed by atoms with Crippen molar-refractivity contribution in [3.8, 4) is 11.4 Å². The molecule has 0 aliphatic carbocycles. The molecule has 3 aromatic rings. The summed E-state index contributed by atoms with van der Waals surface area (Å²) in [6.07, 6.45) is 3.75. The Labute approximate surface area is 153 Å². The van der Waals surface area contributed by atoms with E-state index in [1.807, 2.05) is 6.07 Å². The summed E-state index contributed by atoms with van der Waals surface area (Å²) in [5.41, 5.74) is 7.14. The molecule has 2 aromatic heterocycles. The van der Waals surface area contributed by atoms with Crippen molar-refractivity contribution in [1.29, 1.82) is 0 Å². The van der Waals surface area contributed by atoms with Crippen LogP contribution in [0.15, 0.2) is 41.2 Å². The van der Waals surface area contributed by atoms with Gasteiger partial charge in [0.15, 0.2) is 0 Å². The molecule has 0 aliphatic heterocycles. The van der Waals surface area contributed by atoms with Crippen molar-refractivity contribution >= 4 is 40.5 Å². The number of hydrogen-bond donors (Lipinski definition) is 2. The van der Waals surface area contributed by atoms with Crippen LogP contribution < -0.4 is 11.1 Å². The normalized spacial score (nSPS) is 10.6. The minimum atomic E-state index is -0.238. The number of halogens is 2. The zero-order valence-electron chi connectivity index (χ0n) is 12.9. The standard InChI is InChI=1S/C16H13Cl2N5O2/c17-11-6-10(7-12(18)15(11)19)21-13(24)3-4-14-22-16(23-25-14)9-2-1-5-20-8-9/h1-2,5-8H,3-4,19H2,(H,21,24). The Hall–Kier alpha value is -2.64. The fourth-order valence-electron chi connectivity index (χ4n) is 2.07. The predicted molar refractivity (Wildman–Crippen MR) is 95.4 cm³/mol. The van der Waals surface area contributed by atoms with Crippen LogP contribution in [0.5, 0.6) is 0 Å². The first-order chi connectivity index (χ1) is 12.0. The van der Waals surface area contributed by atoms with E-state index in [9.17, 15) is 4.79 Å². The highest BCUT2D eigenvalue weighted by Crippen LogP contribution is 2.31. The van der Waals surface area contributed by atoms with Crippen molar-refractivity contribution in [1.82, 2.24) is 15.1 Å². The molecule has 9 heteroatoms. The molecule has 2 heterocycles. The molecule has 0 bridgehead atoms. The molecule has 0 spiro atoms. The van der Waals surface area contributed by atoms with Crippen LogP contribution in [0.3, 0.4) is 0 Å². The molecule has 25 heavy (non-hydrogen) atoms. The first kappa shape index (κ1) is 17.2. The van der Waals surface area contributed by atoms with Crippen molar-refractivity contribution in [2.75, 3.05) is 11.1 Å². The van der Waals surface area contributed by atoms with Crippen molar-refractivity contribution in [2.45, 2.75) is 12.8 Å². The molecule has 0 atom stereocenters. The van der Waals surface area contributed by atoms with Crippen LogP contribution in [0.1, 0.15) is 12.3 Å². The Morgan fingerprint density at radius 2 is 2.04 bits per heavy atom. The molecule has 7 nitrogen and oxygen atoms in total. The largest absolute Gasteiger partial charge is 0.396 e. The van der Waals surface area contributed by atoms with E-state index in [-0.39, 0.29) is 28.1 Å². The number of nitrogens with one attached hydrogen (secondary N) is 1. The lowest BCUT2D eigenvalue weighted by Gasteiger charge is -2.07. The molecule has 0 unspecified atom stereocenters.